The Balaban J connectivity index is 1.90. The first-order valence-electron chi connectivity index (χ1n) is 5.90. The minimum absolute atomic E-state index is 0.211. The van der Waals surface area contributed by atoms with Gasteiger partial charge in [0.05, 0.1) is 6.20 Å². The Bertz CT molecular complexity index is 731. The quantitative estimate of drug-likeness (QED) is 0.761. The fraction of sp³-hybridized carbons (Fsp3) is 0.0714. The van der Waals surface area contributed by atoms with E-state index in [-0.39, 0.29) is 5.91 Å². The molecule has 3 rings (SSSR count). The monoisotopic (exact) mass is 252 g/mol. The molecule has 0 spiro atoms. The number of rotatable bonds is 2. The summed E-state index contributed by atoms with van der Waals surface area (Å²) in [6, 6.07) is 9.40. The minimum atomic E-state index is -0.211. The van der Waals surface area contributed by atoms with Gasteiger partial charge in [-0.25, -0.2) is 9.50 Å². The van der Waals surface area contributed by atoms with Gasteiger partial charge in [0.15, 0.2) is 5.65 Å². The van der Waals surface area contributed by atoms with E-state index in [0.29, 0.717) is 11.2 Å². The van der Waals surface area contributed by atoms with Gasteiger partial charge in [-0.1, -0.05) is 17.7 Å². The Morgan fingerprint density at radius 2 is 2.05 bits per heavy atom. The molecule has 1 N–H and O–H groups in total. The average Bonchev–Trinajstić information content (AvgIpc) is 2.85. The van der Waals surface area contributed by atoms with Crippen molar-refractivity contribution in [3.05, 3.63) is 60.0 Å². The van der Waals surface area contributed by atoms with Crippen molar-refractivity contribution < 1.29 is 4.79 Å². The second kappa shape index (κ2) is 4.53. The maximum absolute atomic E-state index is 12.2. The number of nitrogens with zero attached hydrogens (tertiary/aromatic N) is 3. The molecule has 0 fully saturated rings. The van der Waals surface area contributed by atoms with E-state index >= 15 is 0 Å². The maximum Gasteiger partial charge on any atom is 0.261 e. The lowest BCUT2D eigenvalue weighted by atomic mass is 10.2. The van der Waals surface area contributed by atoms with Crippen LogP contribution in [0.5, 0.6) is 0 Å². The number of amides is 1. The van der Waals surface area contributed by atoms with Gasteiger partial charge in [-0.15, -0.1) is 0 Å². The molecule has 19 heavy (non-hydrogen) atoms. The molecule has 1 amide bonds. The van der Waals surface area contributed by atoms with E-state index in [1.54, 1.807) is 23.0 Å². The van der Waals surface area contributed by atoms with Crippen molar-refractivity contribution in [3.8, 4) is 0 Å². The minimum Gasteiger partial charge on any atom is -0.322 e. The molecule has 0 saturated carbocycles. The number of carbonyl (C=O) groups is 1. The van der Waals surface area contributed by atoms with Crippen molar-refractivity contribution >= 4 is 17.2 Å². The van der Waals surface area contributed by atoms with Crippen LogP contribution in [0.1, 0.15) is 15.9 Å². The van der Waals surface area contributed by atoms with Crippen LogP contribution in [0.4, 0.5) is 5.69 Å². The lowest BCUT2D eigenvalue weighted by Crippen LogP contribution is -2.11. The Kier molecular flexibility index (Phi) is 2.72. The molecule has 94 valence electrons. The van der Waals surface area contributed by atoms with Gasteiger partial charge in [-0.3, -0.25) is 4.79 Å². The number of carbonyl (C=O) groups excluding carboxylic acids is 1. The Morgan fingerprint density at radius 3 is 2.84 bits per heavy atom. The van der Waals surface area contributed by atoms with E-state index < -0.39 is 0 Å². The fourth-order valence-corrected chi connectivity index (χ4v) is 1.82. The van der Waals surface area contributed by atoms with Crippen LogP contribution in [0.3, 0.4) is 0 Å². The molecule has 0 atom stereocenters. The highest BCUT2D eigenvalue weighted by atomic mass is 16.1. The fourth-order valence-electron chi connectivity index (χ4n) is 1.82. The van der Waals surface area contributed by atoms with Crippen LogP contribution in [0.2, 0.25) is 0 Å². The number of fused-ring (bicyclic) bond motifs is 1. The van der Waals surface area contributed by atoms with Crippen LogP contribution in [0, 0.1) is 6.92 Å². The Labute approximate surface area is 109 Å². The zero-order valence-corrected chi connectivity index (χ0v) is 10.4. The Morgan fingerprint density at radius 1 is 1.26 bits per heavy atom. The van der Waals surface area contributed by atoms with Crippen LogP contribution in [0.25, 0.3) is 5.65 Å². The second-order valence-corrected chi connectivity index (χ2v) is 4.27. The van der Waals surface area contributed by atoms with Crippen molar-refractivity contribution in [2.24, 2.45) is 0 Å². The Hall–Kier alpha value is -2.69. The molecule has 0 bridgehead atoms. The largest absolute Gasteiger partial charge is 0.322 e. The molecular weight excluding hydrogens is 240 g/mol. The summed E-state index contributed by atoms with van der Waals surface area (Å²) < 4.78 is 1.57. The molecule has 0 radical (unpaired) electrons. The summed E-state index contributed by atoms with van der Waals surface area (Å²) in [6.07, 6.45) is 4.91. The zero-order chi connectivity index (χ0) is 13.2. The highest BCUT2D eigenvalue weighted by Gasteiger charge is 2.13. The van der Waals surface area contributed by atoms with E-state index in [1.807, 2.05) is 31.2 Å². The van der Waals surface area contributed by atoms with Crippen LogP contribution < -0.4 is 5.32 Å². The predicted molar refractivity (Wildman–Crippen MR) is 72.1 cm³/mol. The van der Waals surface area contributed by atoms with E-state index in [1.165, 1.54) is 6.20 Å². The van der Waals surface area contributed by atoms with Crippen LogP contribution in [0.15, 0.2) is 48.9 Å². The molecule has 5 heteroatoms. The van der Waals surface area contributed by atoms with Gasteiger partial charge >= 0.3 is 0 Å². The third-order valence-corrected chi connectivity index (χ3v) is 2.83. The first kappa shape index (κ1) is 11.4. The molecular formula is C14H12N4O. The average molecular weight is 252 g/mol. The van der Waals surface area contributed by atoms with Crippen LogP contribution >= 0.6 is 0 Å². The topological polar surface area (TPSA) is 59.3 Å². The summed E-state index contributed by atoms with van der Waals surface area (Å²) in [5, 5.41) is 6.92. The number of nitrogens with one attached hydrogen (secondary N) is 1. The standard InChI is InChI=1S/C14H12N4O/c1-10-3-5-11(6-4-10)17-14(19)12-9-16-18-8-2-7-15-13(12)18/h2-9H,1H3,(H,17,19). The summed E-state index contributed by atoms with van der Waals surface area (Å²) in [5.74, 6) is -0.211. The summed E-state index contributed by atoms with van der Waals surface area (Å²) in [5.41, 5.74) is 2.91. The molecule has 0 aliphatic carbocycles. The van der Waals surface area contributed by atoms with Gasteiger partial charge in [-0.05, 0) is 25.1 Å². The molecule has 2 heterocycles. The smallest absolute Gasteiger partial charge is 0.261 e. The van der Waals surface area contributed by atoms with Crippen molar-refractivity contribution in [1.82, 2.24) is 14.6 Å². The number of hydrogen-bond acceptors (Lipinski definition) is 3. The van der Waals surface area contributed by atoms with Crippen LogP contribution in [-0.2, 0) is 0 Å². The van der Waals surface area contributed by atoms with Gasteiger partial charge in [0.1, 0.15) is 5.56 Å². The number of anilines is 1. The van der Waals surface area contributed by atoms with Gasteiger partial charge in [0.25, 0.3) is 5.91 Å². The van der Waals surface area contributed by atoms with Crippen molar-refractivity contribution in [2.45, 2.75) is 6.92 Å². The molecule has 2 aromatic heterocycles. The molecule has 0 aliphatic rings. The molecule has 1 aromatic carbocycles. The number of benzene rings is 1. The highest BCUT2D eigenvalue weighted by Crippen LogP contribution is 2.13. The summed E-state index contributed by atoms with van der Waals surface area (Å²) in [4.78, 5) is 16.3. The maximum atomic E-state index is 12.2. The molecule has 3 aromatic rings. The third-order valence-electron chi connectivity index (χ3n) is 2.83. The van der Waals surface area contributed by atoms with Gasteiger partial charge in [-0.2, -0.15) is 5.10 Å². The van der Waals surface area contributed by atoms with E-state index in [4.69, 9.17) is 0 Å². The number of aryl methyl sites for hydroxylation is 1. The lowest BCUT2D eigenvalue weighted by molar-refractivity contribution is 0.102. The molecule has 0 unspecified atom stereocenters. The third kappa shape index (κ3) is 2.18. The first-order chi connectivity index (χ1) is 9.24. The normalized spacial score (nSPS) is 10.6. The number of aromatic nitrogens is 3. The predicted octanol–water partition coefficient (Wildman–Crippen LogP) is 2.29. The summed E-state index contributed by atoms with van der Waals surface area (Å²) >= 11 is 0. The van der Waals surface area contributed by atoms with Gasteiger partial charge < -0.3 is 5.32 Å². The molecule has 5 nitrogen and oxygen atoms in total. The summed E-state index contributed by atoms with van der Waals surface area (Å²) in [7, 11) is 0. The molecule has 0 aliphatic heterocycles. The van der Waals surface area contributed by atoms with Crippen LogP contribution in [-0.4, -0.2) is 20.5 Å². The second-order valence-electron chi connectivity index (χ2n) is 4.27. The highest BCUT2D eigenvalue weighted by molar-refractivity contribution is 6.08. The number of hydrogen-bond donors (Lipinski definition) is 1. The lowest BCUT2D eigenvalue weighted by Gasteiger charge is -2.04. The first-order valence-corrected chi connectivity index (χ1v) is 5.90. The van der Waals surface area contributed by atoms with Crippen molar-refractivity contribution in [2.75, 3.05) is 5.32 Å². The van der Waals surface area contributed by atoms with Crippen molar-refractivity contribution in [1.29, 1.82) is 0 Å². The van der Waals surface area contributed by atoms with Crippen molar-refractivity contribution in [3.63, 3.8) is 0 Å². The summed E-state index contributed by atoms with van der Waals surface area (Å²) in [6.45, 7) is 2.00. The molecule has 0 saturated heterocycles. The zero-order valence-electron chi connectivity index (χ0n) is 10.4. The van der Waals surface area contributed by atoms with E-state index in [0.717, 1.165) is 11.3 Å². The SMILES string of the molecule is Cc1ccc(NC(=O)c2cnn3cccnc23)cc1. The van der Waals surface area contributed by atoms with E-state index in [2.05, 4.69) is 15.4 Å². The van der Waals surface area contributed by atoms with E-state index in [9.17, 15) is 4.79 Å². The van der Waals surface area contributed by atoms with Gasteiger partial charge in [0.2, 0.25) is 0 Å². The van der Waals surface area contributed by atoms with Gasteiger partial charge in [0, 0.05) is 18.1 Å².